The average molecular weight is 515 g/mol. The lowest BCUT2D eigenvalue weighted by Gasteiger charge is -2.29. The van der Waals surface area contributed by atoms with E-state index in [0.717, 1.165) is 22.9 Å². The minimum atomic E-state index is -0.796. The van der Waals surface area contributed by atoms with Gasteiger partial charge in [-0.2, -0.15) is 0 Å². The lowest BCUT2D eigenvalue weighted by atomic mass is 10.0. The number of nitrogens with zero attached hydrogens (tertiary/aromatic N) is 2. The van der Waals surface area contributed by atoms with Gasteiger partial charge >= 0.3 is 0 Å². The zero-order valence-electron chi connectivity index (χ0n) is 21.4. The third kappa shape index (κ3) is 6.70. The van der Waals surface area contributed by atoms with Gasteiger partial charge in [-0.25, -0.2) is 0 Å². The van der Waals surface area contributed by atoms with Crippen molar-refractivity contribution in [2.75, 3.05) is 26.2 Å². The molecule has 2 aliphatic heterocycles. The molecular weight excluding hydrogens is 476 g/mol. The second-order valence-corrected chi connectivity index (χ2v) is 9.93. The average Bonchev–Trinajstić information content (AvgIpc) is 3.47. The van der Waals surface area contributed by atoms with E-state index in [1.165, 1.54) is 0 Å². The molecule has 1 aromatic carbocycles. The fourth-order valence-corrected chi connectivity index (χ4v) is 5.01. The summed E-state index contributed by atoms with van der Waals surface area (Å²) in [5.74, 6) is -0.965. The zero-order valence-corrected chi connectivity index (χ0v) is 21.4. The predicted molar refractivity (Wildman–Crippen MR) is 141 cm³/mol. The number of amides is 1. The van der Waals surface area contributed by atoms with E-state index in [0.29, 0.717) is 32.6 Å². The summed E-state index contributed by atoms with van der Waals surface area (Å²) in [4.78, 5) is 21.7. The quantitative estimate of drug-likeness (QED) is 0.141. The Kier molecular flexibility index (Phi) is 8.20. The summed E-state index contributed by atoms with van der Waals surface area (Å²) in [6.07, 6.45) is 1.81. The molecule has 12 nitrogen and oxygen atoms in total. The maximum absolute atomic E-state index is 12.8. The van der Waals surface area contributed by atoms with Crippen molar-refractivity contribution in [2.45, 2.75) is 63.3 Å². The van der Waals surface area contributed by atoms with Gasteiger partial charge in [0.05, 0.1) is 12.5 Å². The van der Waals surface area contributed by atoms with Gasteiger partial charge in [0, 0.05) is 43.3 Å². The molecule has 0 radical (unpaired) electrons. The summed E-state index contributed by atoms with van der Waals surface area (Å²) in [5.41, 5.74) is 18.8. The molecule has 2 fully saturated rings. The van der Waals surface area contributed by atoms with E-state index in [1.807, 2.05) is 38.2 Å². The number of carbonyl (C=O) groups is 1. The molecule has 2 saturated heterocycles. The van der Waals surface area contributed by atoms with Gasteiger partial charge in [0.15, 0.2) is 17.7 Å². The van der Waals surface area contributed by atoms with Crippen LogP contribution in [0.25, 0.3) is 10.9 Å². The largest absolute Gasteiger partial charge is 0.370 e. The van der Waals surface area contributed by atoms with Crippen LogP contribution in [0.2, 0.25) is 0 Å². The second kappa shape index (κ2) is 11.4. The zero-order chi connectivity index (χ0) is 26.6. The fraction of sp³-hybridized carbons (Fsp3) is 0.560. The molecule has 0 spiro atoms. The number of ether oxygens (including phenoxy) is 3. The van der Waals surface area contributed by atoms with Crippen LogP contribution in [0.1, 0.15) is 32.3 Å². The van der Waals surface area contributed by atoms with E-state index in [4.69, 9.17) is 36.8 Å². The summed E-state index contributed by atoms with van der Waals surface area (Å²) >= 11 is 0. The van der Waals surface area contributed by atoms with E-state index >= 15 is 0 Å². The number of aromatic amines is 1. The first-order chi connectivity index (χ1) is 17.6. The summed E-state index contributed by atoms with van der Waals surface area (Å²) in [6, 6.07) is 8.10. The Morgan fingerprint density at radius 2 is 1.92 bits per heavy atom. The molecule has 4 rings (SSSR count). The minimum Gasteiger partial charge on any atom is -0.370 e. The Morgan fingerprint density at radius 3 is 2.65 bits per heavy atom. The molecule has 0 saturated carbocycles. The van der Waals surface area contributed by atoms with Crippen molar-refractivity contribution in [3.05, 3.63) is 36.0 Å². The highest BCUT2D eigenvalue weighted by atomic mass is 16.8. The van der Waals surface area contributed by atoms with E-state index in [9.17, 15) is 4.79 Å². The summed E-state index contributed by atoms with van der Waals surface area (Å²) in [6.45, 7) is 5.44. The Balaban J connectivity index is 1.32. The van der Waals surface area contributed by atoms with Crippen LogP contribution in [0.3, 0.4) is 0 Å². The number of aromatic nitrogens is 1. The Bertz CT molecular complexity index is 1130. The molecule has 1 aromatic heterocycles. The monoisotopic (exact) mass is 514 g/mol. The first-order valence-corrected chi connectivity index (χ1v) is 12.6. The Morgan fingerprint density at radius 1 is 1.19 bits per heavy atom. The number of guanidine groups is 2. The van der Waals surface area contributed by atoms with Crippen molar-refractivity contribution in [2.24, 2.45) is 22.2 Å². The van der Waals surface area contributed by atoms with Gasteiger partial charge in [-0.1, -0.05) is 18.2 Å². The topological polar surface area (TPSA) is 190 Å². The first-order valence-electron chi connectivity index (χ1n) is 12.6. The molecule has 0 aliphatic carbocycles. The van der Waals surface area contributed by atoms with Crippen LogP contribution in [0, 0.1) is 5.41 Å². The highest BCUT2D eigenvalue weighted by Gasteiger charge is 2.55. The van der Waals surface area contributed by atoms with Gasteiger partial charge in [0.1, 0.15) is 18.3 Å². The highest BCUT2D eigenvalue weighted by Crippen LogP contribution is 2.40. The maximum atomic E-state index is 12.8. The normalized spacial score (nSPS) is 24.1. The SMILES string of the molecule is CC1(C)O[C@@H]2[C@H](O1)[C@H](CN(CCCN=C(N)N)C(=N)N)O[C@@H]2CC(=O)NCCc1c[nH]c2ccccc12. The summed E-state index contributed by atoms with van der Waals surface area (Å²) in [5, 5.41) is 12.1. The summed E-state index contributed by atoms with van der Waals surface area (Å²) in [7, 11) is 0. The van der Waals surface area contributed by atoms with Crippen LogP contribution in [0.5, 0.6) is 0 Å². The van der Waals surface area contributed by atoms with E-state index in [-0.39, 0.29) is 30.4 Å². The Labute approximate surface area is 216 Å². The van der Waals surface area contributed by atoms with Crippen molar-refractivity contribution in [1.82, 2.24) is 15.2 Å². The third-order valence-corrected chi connectivity index (χ3v) is 6.65. The number of para-hydroxylation sites is 1. The van der Waals surface area contributed by atoms with Gasteiger partial charge in [-0.3, -0.25) is 15.2 Å². The van der Waals surface area contributed by atoms with Crippen molar-refractivity contribution in [3.63, 3.8) is 0 Å². The number of nitrogens with two attached hydrogens (primary N) is 3. The number of fused-ring (bicyclic) bond motifs is 2. The second-order valence-electron chi connectivity index (χ2n) is 9.93. The van der Waals surface area contributed by atoms with Crippen molar-refractivity contribution < 1.29 is 19.0 Å². The third-order valence-electron chi connectivity index (χ3n) is 6.65. The van der Waals surface area contributed by atoms with Crippen LogP contribution in [0.4, 0.5) is 0 Å². The van der Waals surface area contributed by atoms with Crippen molar-refractivity contribution in [1.29, 1.82) is 5.41 Å². The molecule has 3 heterocycles. The number of hydrogen-bond donors (Lipinski definition) is 6. The maximum Gasteiger partial charge on any atom is 0.222 e. The van der Waals surface area contributed by atoms with Crippen molar-refractivity contribution >= 4 is 28.7 Å². The van der Waals surface area contributed by atoms with Crippen LogP contribution < -0.4 is 22.5 Å². The molecule has 9 N–H and O–H groups in total. The molecule has 37 heavy (non-hydrogen) atoms. The number of nitrogens with one attached hydrogen (secondary N) is 3. The minimum absolute atomic E-state index is 0.0256. The van der Waals surface area contributed by atoms with E-state index in [1.54, 1.807) is 4.90 Å². The number of hydrogen-bond acceptors (Lipinski definition) is 6. The molecular formula is C25H38N8O4. The molecule has 0 bridgehead atoms. The number of rotatable bonds is 11. The molecule has 2 aliphatic rings. The number of carbonyl (C=O) groups excluding carboxylic acids is 1. The smallest absolute Gasteiger partial charge is 0.222 e. The van der Waals surface area contributed by atoms with E-state index in [2.05, 4.69) is 21.4 Å². The Hall–Kier alpha value is -3.35. The predicted octanol–water partition coefficient (Wildman–Crippen LogP) is 0.363. The van der Waals surface area contributed by atoms with Gasteiger partial charge < -0.3 is 46.6 Å². The van der Waals surface area contributed by atoms with E-state index < -0.39 is 24.1 Å². The van der Waals surface area contributed by atoms with Gasteiger partial charge in [-0.05, 0) is 38.3 Å². The van der Waals surface area contributed by atoms with Gasteiger partial charge in [-0.15, -0.1) is 0 Å². The number of aliphatic imine (C=N–C) groups is 1. The molecule has 1 amide bonds. The van der Waals surface area contributed by atoms with Crippen LogP contribution in [-0.2, 0) is 25.4 Å². The summed E-state index contributed by atoms with van der Waals surface area (Å²) < 4.78 is 18.5. The molecule has 2 aromatic rings. The van der Waals surface area contributed by atoms with Gasteiger partial charge in [0.2, 0.25) is 5.91 Å². The fourth-order valence-electron chi connectivity index (χ4n) is 5.01. The van der Waals surface area contributed by atoms with Crippen molar-refractivity contribution in [3.8, 4) is 0 Å². The first kappa shape index (κ1) is 26.7. The molecule has 12 heteroatoms. The highest BCUT2D eigenvalue weighted by molar-refractivity contribution is 5.83. The van der Waals surface area contributed by atoms with Crippen LogP contribution in [0.15, 0.2) is 35.5 Å². The standard InChI is InChI=1S/C25H38N8O4/c1-25(2)36-21-18(12-20(34)30-10-8-15-13-32-17-7-4-3-6-16(15)17)35-19(22(21)37-25)14-33(24(28)29)11-5-9-31-23(26)27/h3-4,6-7,13,18-19,21-22,32H,5,8-12,14H2,1-2H3,(H3,28,29)(H,30,34)(H4,26,27,31)/t18-,19+,21+,22-/m1/s1. The number of H-pyrrole nitrogens is 1. The number of benzene rings is 1. The van der Waals surface area contributed by atoms with Crippen LogP contribution in [-0.4, -0.2) is 84.1 Å². The van der Waals surface area contributed by atoms with Crippen LogP contribution >= 0.6 is 0 Å². The molecule has 4 atom stereocenters. The lowest BCUT2D eigenvalue weighted by Crippen LogP contribution is -2.46. The lowest BCUT2D eigenvalue weighted by molar-refractivity contribution is -0.188. The van der Waals surface area contributed by atoms with Gasteiger partial charge in [0.25, 0.3) is 0 Å². The molecule has 0 unspecified atom stereocenters. The molecule has 202 valence electrons.